The van der Waals surface area contributed by atoms with Crippen LogP contribution in [0.25, 0.3) is 6.08 Å². The maximum atomic E-state index is 12.4. The molecule has 26 heavy (non-hydrogen) atoms. The molecule has 132 valence electrons. The Morgan fingerprint density at radius 1 is 1.15 bits per heavy atom. The van der Waals surface area contributed by atoms with Gasteiger partial charge >= 0.3 is 0 Å². The number of nitrogens with one attached hydrogen (secondary N) is 1. The van der Waals surface area contributed by atoms with E-state index in [2.05, 4.69) is 10.2 Å². The number of ether oxygens (including phenoxy) is 1. The van der Waals surface area contributed by atoms with Crippen LogP contribution in [-0.4, -0.2) is 32.2 Å². The standard InChI is InChI=1S/C20H18ClN3O2/c21-19-4-2-1-3-15(19)13-16(14-22)20(25)23-17-5-7-18(8-6-17)24-9-11-26-12-10-24/h1-8,13H,9-12H2,(H,23,25)/b16-13+. The summed E-state index contributed by atoms with van der Waals surface area (Å²) in [6.45, 7) is 3.14. The first-order valence-corrected chi connectivity index (χ1v) is 8.65. The highest BCUT2D eigenvalue weighted by atomic mass is 35.5. The molecular formula is C20H18ClN3O2. The lowest BCUT2D eigenvalue weighted by Crippen LogP contribution is -2.36. The number of anilines is 2. The van der Waals surface area contributed by atoms with Gasteiger partial charge in [-0.3, -0.25) is 4.79 Å². The number of nitriles is 1. The zero-order valence-electron chi connectivity index (χ0n) is 14.1. The average molecular weight is 368 g/mol. The van der Waals surface area contributed by atoms with Gasteiger partial charge in [-0.05, 0) is 42.0 Å². The van der Waals surface area contributed by atoms with Crippen molar-refractivity contribution in [3.63, 3.8) is 0 Å². The molecule has 2 aromatic carbocycles. The molecule has 0 spiro atoms. The van der Waals surface area contributed by atoms with E-state index in [1.165, 1.54) is 6.08 Å². The second kappa shape index (κ2) is 8.52. The molecule has 1 fully saturated rings. The van der Waals surface area contributed by atoms with E-state index in [4.69, 9.17) is 16.3 Å². The summed E-state index contributed by atoms with van der Waals surface area (Å²) in [5.74, 6) is -0.466. The largest absolute Gasteiger partial charge is 0.378 e. The number of halogens is 1. The van der Waals surface area contributed by atoms with Gasteiger partial charge in [0.2, 0.25) is 0 Å². The van der Waals surface area contributed by atoms with Crippen LogP contribution in [0.15, 0.2) is 54.1 Å². The first kappa shape index (κ1) is 18.0. The molecule has 1 saturated heterocycles. The molecule has 2 aromatic rings. The van der Waals surface area contributed by atoms with Gasteiger partial charge in [-0.15, -0.1) is 0 Å². The number of carbonyl (C=O) groups is 1. The zero-order chi connectivity index (χ0) is 18.4. The van der Waals surface area contributed by atoms with Crippen molar-refractivity contribution in [3.05, 3.63) is 64.7 Å². The third kappa shape index (κ3) is 4.42. The van der Waals surface area contributed by atoms with Gasteiger partial charge in [0.15, 0.2) is 0 Å². The summed E-state index contributed by atoms with van der Waals surface area (Å²) in [6, 6.07) is 16.5. The molecule has 1 heterocycles. The highest BCUT2D eigenvalue weighted by molar-refractivity contribution is 6.32. The second-order valence-electron chi connectivity index (χ2n) is 5.79. The Labute approximate surface area is 157 Å². The van der Waals surface area contributed by atoms with Gasteiger partial charge in [-0.1, -0.05) is 29.8 Å². The molecule has 1 amide bonds. The van der Waals surface area contributed by atoms with E-state index in [1.54, 1.807) is 24.3 Å². The fourth-order valence-electron chi connectivity index (χ4n) is 2.67. The first-order chi connectivity index (χ1) is 12.7. The summed E-state index contributed by atoms with van der Waals surface area (Å²) in [6.07, 6.45) is 1.49. The number of hydrogen-bond donors (Lipinski definition) is 1. The van der Waals surface area contributed by atoms with Crippen LogP contribution in [0.4, 0.5) is 11.4 Å². The molecule has 0 atom stereocenters. The van der Waals surface area contributed by atoms with E-state index in [0.29, 0.717) is 16.3 Å². The van der Waals surface area contributed by atoms with E-state index in [9.17, 15) is 10.1 Å². The first-order valence-electron chi connectivity index (χ1n) is 8.28. The quantitative estimate of drug-likeness (QED) is 0.660. The van der Waals surface area contributed by atoms with Crippen molar-refractivity contribution in [3.8, 4) is 6.07 Å². The number of morpholine rings is 1. The van der Waals surface area contributed by atoms with Crippen molar-refractivity contribution in [2.75, 3.05) is 36.5 Å². The molecule has 6 heteroatoms. The molecule has 0 radical (unpaired) electrons. The highest BCUT2D eigenvalue weighted by Gasteiger charge is 2.13. The van der Waals surface area contributed by atoms with Crippen LogP contribution in [0.1, 0.15) is 5.56 Å². The van der Waals surface area contributed by atoms with Gasteiger partial charge in [0.25, 0.3) is 5.91 Å². The molecule has 5 nitrogen and oxygen atoms in total. The maximum absolute atomic E-state index is 12.4. The SMILES string of the molecule is N#C/C(=C\c1ccccc1Cl)C(=O)Nc1ccc(N2CCOCC2)cc1. The number of hydrogen-bond acceptors (Lipinski definition) is 4. The summed E-state index contributed by atoms with van der Waals surface area (Å²) >= 11 is 6.08. The molecule has 1 aliphatic rings. The predicted molar refractivity (Wildman–Crippen MR) is 103 cm³/mol. The monoisotopic (exact) mass is 367 g/mol. The van der Waals surface area contributed by atoms with Gasteiger partial charge in [0.05, 0.1) is 13.2 Å². The second-order valence-corrected chi connectivity index (χ2v) is 6.20. The van der Waals surface area contributed by atoms with Crippen LogP contribution < -0.4 is 10.2 Å². The average Bonchev–Trinajstić information content (AvgIpc) is 2.68. The van der Waals surface area contributed by atoms with Crippen molar-refractivity contribution in [2.24, 2.45) is 0 Å². The lowest BCUT2D eigenvalue weighted by molar-refractivity contribution is -0.112. The van der Waals surface area contributed by atoms with Gasteiger partial charge in [-0.2, -0.15) is 5.26 Å². The number of carbonyl (C=O) groups excluding carboxylic acids is 1. The third-order valence-corrected chi connectivity index (χ3v) is 4.42. The summed E-state index contributed by atoms with van der Waals surface area (Å²) < 4.78 is 5.35. The smallest absolute Gasteiger partial charge is 0.266 e. The van der Waals surface area contributed by atoms with E-state index in [0.717, 1.165) is 32.0 Å². The fraction of sp³-hybridized carbons (Fsp3) is 0.200. The molecule has 1 N–H and O–H groups in total. The Hall–Kier alpha value is -2.81. The summed E-state index contributed by atoms with van der Waals surface area (Å²) in [5.41, 5.74) is 2.34. The van der Waals surface area contributed by atoms with Crippen LogP contribution in [0.2, 0.25) is 5.02 Å². The summed E-state index contributed by atoms with van der Waals surface area (Å²) in [5, 5.41) is 12.5. The normalized spacial score (nSPS) is 14.6. The molecule has 0 aliphatic carbocycles. The van der Waals surface area contributed by atoms with Crippen molar-refractivity contribution in [1.82, 2.24) is 0 Å². The Balaban J connectivity index is 1.70. The lowest BCUT2D eigenvalue weighted by Gasteiger charge is -2.28. The maximum Gasteiger partial charge on any atom is 0.266 e. The lowest BCUT2D eigenvalue weighted by atomic mass is 10.1. The zero-order valence-corrected chi connectivity index (χ0v) is 14.9. The topological polar surface area (TPSA) is 65.4 Å². The molecule has 0 saturated carbocycles. The van der Waals surface area contributed by atoms with Gasteiger partial charge in [-0.25, -0.2) is 0 Å². The van der Waals surface area contributed by atoms with Crippen LogP contribution >= 0.6 is 11.6 Å². The fourth-order valence-corrected chi connectivity index (χ4v) is 2.86. The van der Waals surface area contributed by atoms with E-state index >= 15 is 0 Å². The molecule has 0 bridgehead atoms. The van der Waals surface area contributed by atoms with Crippen LogP contribution in [0.3, 0.4) is 0 Å². The Kier molecular flexibility index (Phi) is 5.90. The molecule has 1 aliphatic heterocycles. The van der Waals surface area contributed by atoms with Crippen LogP contribution in [-0.2, 0) is 9.53 Å². The van der Waals surface area contributed by atoms with Crippen LogP contribution in [0.5, 0.6) is 0 Å². The van der Waals surface area contributed by atoms with Crippen molar-refractivity contribution in [1.29, 1.82) is 5.26 Å². The van der Waals surface area contributed by atoms with Gasteiger partial charge < -0.3 is 15.0 Å². The van der Waals surface area contributed by atoms with E-state index < -0.39 is 5.91 Å². The Morgan fingerprint density at radius 3 is 2.50 bits per heavy atom. The Bertz CT molecular complexity index is 850. The summed E-state index contributed by atoms with van der Waals surface area (Å²) in [7, 11) is 0. The number of nitrogens with zero attached hydrogens (tertiary/aromatic N) is 2. The third-order valence-electron chi connectivity index (χ3n) is 4.07. The Morgan fingerprint density at radius 2 is 1.85 bits per heavy atom. The molecular weight excluding hydrogens is 350 g/mol. The number of benzene rings is 2. The molecule has 0 unspecified atom stereocenters. The minimum Gasteiger partial charge on any atom is -0.378 e. The predicted octanol–water partition coefficient (Wildman–Crippen LogP) is 3.72. The highest BCUT2D eigenvalue weighted by Crippen LogP contribution is 2.21. The van der Waals surface area contributed by atoms with E-state index in [1.807, 2.05) is 30.3 Å². The van der Waals surface area contributed by atoms with Crippen molar-refractivity contribution in [2.45, 2.75) is 0 Å². The minimum absolute atomic E-state index is 0.00430. The molecule has 0 aromatic heterocycles. The van der Waals surface area contributed by atoms with E-state index in [-0.39, 0.29) is 5.57 Å². The van der Waals surface area contributed by atoms with Crippen molar-refractivity contribution >= 4 is 35.0 Å². The number of amides is 1. The van der Waals surface area contributed by atoms with Crippen LogP contribution in [0, 0.1) is 11.3 Å². The van der Waals surface area contributed by atoms with Gasteiger partial charge in [0.1, 0.15) is 11.6 Å². The summed E-state index contributed by atoms with van der Waals surface area (Å²) in [4.78, 5) is 14.6. The number of rotatable bonds is 4. The van der Waals surface area contributed by atoms with Crippen molar-refractivity contribution < 1.29 is 9.53 Å². The molecule has 3 rings (SSSR count). The van der Waals surface area contributed by atoms with Gasteiger partial charge in [0, 0.05) is 29.5 Å². The minimum atomic E-state index is -0.466.